The number of rotatable bonds is 2. The normalized spacial score (nSPS) is 13.2. The third kappa shape index (κ3) is 1.95. The van der Waals surface area contributed by atoms with Crippen molar-refractivity contribution >= 4 is 0 Å². The molecule has 0 aromatic heterocycles. The SMILES string of the molecule is CC(O)c1cc(O)c(C(O)O)cc1O. The number of benzene rings is 1. The van der Waals surface area contributed by atoms with Crippen LogP contribution in [0.3, 0.4) is 0 Å². The van der Waals surface area contributed by atoms with Gasteiger partial charge in [0.15, 0.2) is 6.29 Å². The molecule has 5 N–H and O–H groups in total. The summed E-state index contributed by atoms with van der Waals surface area (Å²) in [6, 6.07) is 2.09. The van der Waals surface area contributed by atoms with Gasteiger partial charge in [0.05, 0.1) is 11.7 Å². The average molecular weight is 200 g/mol. The van der Waals surface area contributed by atoms with E-state index in [4.69, 9.17) is 15.3 Å². The van der Waals surface area contributed by atoms with Gasteiger partial charge in [-0.2, -0.15) is 0 Å². The Bertz CT molecular complexity index is 298. The molecule has 1 unspecified atom stereocenters. The highest BCUT2D eigenvalue weighted by molar-refractivity contribution is 5.46. The molecule has 14 heavy (non-hydrogen) atoms. The van der Waals surface area contributed by atoms with Crippen molar-refractivity contribution in [2.45, 2.75) is 19.3 Å². The first-order chi connectivity index (χ1) is 6.43. The van der Waals surface area contributed by atoms with E-state index < -0.39 is 12.4 Å². The van der Waals surface area contributed by atoms with Gasteiger partial charge in [-0.1, -0.05) is 0 Å². The molecule has 1 aromatic rings. The number of phenolic OH excluding ortho intramolecular Hbond substituents is 2. The first-order valence-electron chi connectivity index (χ1n) is 4.03. The summed E-state index contributed by atoms with van der Waals surface area (Å²) in [4.78, 5) is 0. The molecule has 5 heteroatoms. The van der Waals surface area contributed by atoms with Crippen LogP contribution in [0, 0.1) is 0 Å². The number of aliphatic hydroxyl groups excluding tert-OH is 2. The molecule has 1 rings (SSSR count). The van der Waals surface area contributed by atoms with E-state index in [2.05, 4.69) is 0 Å². The van der Waals surface area contributed by atoms with E-state index in [0.29, 0.717) is 0 Å². The molecule has 78 valence electrons. The van der Waals surface area contributed by atoms with E-state index in [1.54, 1.807) is 0 Å². The van der Waals surface area contributed by atoms with Crippen molar-refractivity contribution in [3.8, 4) is 11.5 Å². The molecule has 1 atom stereocenters. The van der Waals surface area contributed by atoms with Gasteiger partial charge in [0.2, 0.25) is 0 Å². The first kappa shape index (κ1) is 10.8. The summed E-state index contributed by atoms with van der Waals surface area (Å²) in [5, 5.41) is 45.4. The Labute approximate surface area is 80.5 Å². The smallest absolute Gasteiger partial charge is 0.182 e. The highest BCUT2D eigenvalue weighted by Gasteiger charge is 2.15. The van der Waals surface area contributed by atoms with Crippen molar-refractivity contribution in [3.63, 3.8) is 0 Å². The van der Waals surface area contributed by atoms with E-state index >= 15 is 0 Å². The molecule has 0 aliphatic heterocycles. The Morgan fingerprint density at radius 2 is 1.36 bits per heavy atom. The molecule has 0 bridgehead atoms. The number of phenols is 2. The quantitative estimate of drug-likeness (QED) is 0.345. The Morgan fingerprint density at radius 3 is 1.79 bits per heavy atom. The van der Waals surface area contributed by atoms with Crippen LogP contribution in [-0.2, 0) is 0 Å². The van der Waals surface area contributed by atoms with Gasteiger partial charge in [-0.15, -0.1) is 0 Å². The first-order valence-corrected chi connectivity index (χ1v) is 4.03. The summed E-state index contributed by atoms with van der Waals surface area (Å²) in [5.74, 6) is -0.672. The summed E-state index contributed by atoms with van der Waals surface area (Å²) in [7, 11) is 0. The van der Waals surface area contributed by atoms with Gasteiger partial charge in [-0.25, -0.2) is 0 Å². The molecule has 5 nitrogen and oxygen atoms in total. The van der Waals surface area contributed by atoms with E-state index in [1.165, 1.54) is 6.92 Å². The maximum absolute atomic E-state index is 9.34. The monoisotopic (exact) mass is 200 g/mol. The second-order valence-electron chi connectivity index (χ2n) is 3.02. The zero-order valence-electron chi connectivity index (χ0n) is 7.55. The van der Waals surface area contributed by atoms with Crippen LogP contribution < -0.4 is 0 Å². The third-order valence-electron chi connectivity index (χ3n) is 1.90. The molecule has 1 aromatic carbocycles. The lowest BCUT2D eigenvalue weighted by molar-refractivity contribution is -0.0440. The summed E-state index contributed by atoms with van der Waals surface area (Å²) >= 11 is 0. The maximum Gasteiger partial charge on any atom is 0.182 e. The number of hydrogen-bond acceptors (Lipinski definition) is 5. The lowest BCUT2D eigenvalue weighted by Crippen LogP contribution is -1.98. The largest absolute Gasteiger partial charge is 0.508 e. The summed E-state index contributed by atoms with van der Waals surface area (Å²) in [6.07, 6.45) is -2.80. The lowest BCUT2D eigenvalue weighted by atomic mass is 10.0. The van der Waals surface area contributed by atoms with Gasteiger partial charge in [0.1, 0.15) is 11.5 Å². The molecule has 0 radical (unpaired) electrons. The van der Waals surface area contributed by atoms with Gasteiger partial charge >= 0.3 is 0 Å². The van der Waals surface area contributed by atoms with Crippen molar-refractivity contribution in [2.75, 3.05) is 0 Å². The van der Waals surface area contributed by atoms with Crippen LogP contribution in [0.4, 0.5) is 0 Å². The molecule has 0 amide bonds. The van der Waals surface area contributed by atoms with Crippen LogP contribution in [0.5, 0.6) is 11.5 Å². The Hall–Kier alpha value is -1.30. The van der Waals surface area contributed by atoms with Crippen molar-refractivity contribution in [1.29, 1.82) is 0 Å². The van der Waals surface area contributed by atoms with Crippen molar-refractivity contribution in [1.82, 2.24) is 0 Å². The molecule has 0 heterocycles. The predicted molar refractivity (Wildman–Crippen MR) is 47.6 cm³/mol. The summed E-state index contributed by atoms with van der Waals surface area (Å²) in [6.45, 7) is 1.42. The summed E-state index contributed by atoms with van der Waals surface area (Å²) < 4.78 is 0. The third-order valence-corrected chi connectivity index (χ3v) is 1.90. The fraction of sp³-hybridized carbons (Fsp3) is 0.333. The Morgan fingerprint density at radius 1 is 0.929 bits per heavy atom. The van der Waals surface area contributed by atoms with Crippen molar-refractivity contribution < 1.29 is 25.5 Å². The fourth-order valence-corrected chi connectivity index (χ4v) is 1.15. The zero-order chi connectivity index (χ0) is 10.9. The maximum atomic E-state index is 9.34. The van der Waals surface area contributed by atoms with Crippen LogP contribution in [0.25, 0.3) is 0 Å². The second kappa shape index (κ2) is 3.83. The van der Waals surface area contributed by atoms with Crippen LogP contribution in [0.1, 0.15) is 30.4 Å². The Balaban J connectivity index is 3.24. The molecule has 0 saturated heterocycles. The highest BCUT2D eigenvalue weighted by atomic mass is 16.5. The van der Waals surface area contributed by atoms with Gasteiger partial charge in [-0.05, 0) is 19.1 Å². The molecular formula is C9H12O5. The minimum Gasteiger partial charge on any atom is -0.508 e. The standard InChI is InChI=1S/C9H12O5/c1-4(10)5-2-8(12)6(9(13)14)3-7(5)11/h2-4,9-14H,1H3. The number of hydrogen-bond donors (Lipinski definition) is 5. The molecular weight excluding hydrogens is 188 g/mol. The molecule has 0 fully saturated rings. The minimum atomic E-state index is -1.86. The fourth-order valence-electron chi connectivity index (χ4n) is 1.15. The van der Waals surface area contributed by atoms with E-state index in [0.717, 1.165) is 12.1 Å². The predicted octanol–water partition coefficient (Wildman–Crippen LogP) is 0.134. The van der Waals surface area contributed by atoms with Crippen molar-refractivity contribution in [3.05, 3.63) is 23.3 Å². The van der Waals surface area contributed by atoms with Crippen LogP contribution in [0.15, 0.2) is 12.1 Å². The number of aromatic hydroxyl groups is 2. The summed E-state index contributed by atoms with van der Waals surface area (Å²) in [5.41, 5.74) is -0.0706. The average Bonchev–Trinajstić information content (AvgIpc) is 2.07. The highest BCUT2D eigenvalue weighted by Crippen LogP contribution is 2.33. The van der Waals surface area contributed by atoms with Gasteiger partial charge in [0, 0.05) is 5.56 Å². The molecule has 0 aliphatic carbocycles. The van der Waals surface area contributed by atoms with Crippen molar-refractivity contribution in [2.24, 2.45) is 0 Å². The minimum absolute atomic E-state index is 0.131. The van der Waals surface area contributed by atoms with E-state index in [-0.39, 0.29) is 22.6 Å². The van der Waals surface area contributed by atoms with Gasteiger partial charge in [0.25, 0.3) is 0 Å². The Kier molecular flexibility index (Phi) is 2.95. The molecule has 0 aliphatic rings. The topological polar surface area (TPSA) is 101 Å². The van der Waals surface area contributed by atoms with E-state index in [1.807, 2.05) is 0 Å². The number of aliphatic hydroxyl groups is 3. The second-order valence-corrected chi connectivity index (χ2v) is 3.02. The van der Waals surface area contributed by atoms with Crippen LogP contribution in [0.2, 0.25) is 0 Å². The van der Waals surface area contributed by atoms with E-state index in [9.17, 15) is 10.2 Å². The zero-order valence-corrected chi connectivity index (χ0v) is 7.55. The van der Waals surface area contributed by atoms with Crippen LogP contribution in [-0.4, -0.2) is 25.5 Å². The van der Waals surface area contributed by atoms with Crippen LogP contribution >= 0.6 is 0 Å². The lowest BCUT2D eigenvalue weighted by Gasteiger charge is -2.12. The molecule has 0 spiro atoms. The van der Waals surface area contributed by atoms with Gasteiger partial charge < -0.3 is 25.5 Å². The van der Waals surface area contributed by atoms with Gasteiger partial charge in [-0.3, -0.25) is 0 Å². The molecule has 0 saturated carbocycles.